The molecule has 13 heavy (non-hydrogen) atoms. The number of alkyl halides is 1. The van der Waals surface area contributed by atoms with Gasteiger partial charge in [0.1, 0.15) is 0 Å². The summed E-state index contributed by atoms with van der Waals surface area (Å²) in [5.74, 6) is 0.720. The highest BCUT2D eigenvalue weighted by atomic mass is 35.5. The van der Waals surface area contributed by atoms with E-state index >= 15 is 0 Å². The van der Waals surface area contributed by atoms with Gasteiger partial charge in [-0.1, -0.05) is 5.16 Å². The van der Waals surface area contributed by atoms with Crippen LogP contribution in [0.1, 0.15) is 5.82 Å². The number of allylic oxidation sites excluding steroid dienone is 2. The number of nitrogens with zero attached hydrogens (tertiary/aromatic N) is 3. The van der Waals surface area contributed by atoms with Crippen molar-refractivity contribution in [1.82, 2.24) is 15.6 Å². The molecule has 0 aromatic carbocycles. The molecule has 2 heterocycles. The molecule has 1 aliphatic rings. The predicted molar refractivity (Wildman–Crippen MR) is 47.7 cm³/mol. The standard InChI is InChI=1S/C7H7ClN4O/c8-5-6-10-7(13-11-6)12-4-2-1-3-9-12/h1-4,9H,5H2. The molecule has 5 nitrogen and oxygen atoms in total. The largest absolute Gasteiger partial charge is 0.346 e. The van der Waals surface area contributed by atoms with E-state index in [1.807, 2.05) is 12.2 Å². The van der Waals surface area contributed by atoms with E-state index in [1.165, 1.54) is 0 Å². The van der Waals surface area contributed by atoms with Crippen molar-refractivity contribution in [2.75, 3.05) is 5.01 Å². The van der Waals surface area contributed by atoms with Crippen molar-refractivity contribution in [3.63, 3.8) is 0 Å². The molecule has 2 rings (SSSR count). The number of hydrogen-bond donors (Lipinski definition) is 1. The van der Waals surface area contributed by atoms with Crippen LogP contribution < -0.4 is 10.4 Å². The summed E-state index contributed by atoms with van der Waals surface area (Å²) in [7, 11) is 0. The molecule has 1 N–H and O–H groups in total. The first-order chi connectivity index (χ1) is 6.40. The first-order valence-corrected chi connectivity index (χ1v) is 4.21. The van der Waals surface area contributed by atoms with Crippen LogP contribution in [0.4, 0.5) is 6.01 Å². The Morgan fingerprint density at radius 3 is 3.08 bits per heavy atom. The van der Waals surface area contributed by atoms with Crippen molar-refractivity contribution in [3.8, 4) is 0 Å². The molecular formula is C7H7ClN4O. The Bertz CT molecular complexity index is 346. The van der Waals surface area contributed by atoms with Crippen LogP contribution in [-0.2, 0) is 5.88 Å². The monoisotopic (exact) mass is 198 g/mol. The van der Waals surface area contributed by atoms with Gasteiger partial charge >= 0.3 is 6.01 Å². The summed E-state index contributed by atoms with van der Waals surface area (Å²) in [6.07, 6.45) is 7.23. The van der Waals surface area contributed by atoms with Gasteiger partial charge in [-0.25, -0.2) is 5.01 Å². The summed E-state index contributed by atoms with van der Waals surface area (Å²) in [6, 6.07) is 0.372. The van der Waals surface area contributed by atoms with Crippen LogP contribution in [0, 0.1) is 0 Å². The lowest BCUT2D eigenvalue weighted by molar-refractivity contribution is 0.411. The molecule has 68 valence electrons. The van der Waals surface area contributed by atoms with Crippen molar-refractivity contribution in [2.45, 2.75) is 5.88 Å². The van der Waals surface area contributed by atoms with E-state index in [9.17, 15) is 0 Å². The van der Waals surface area contributed by atoms with Gasteiger partial charge in [0.15, 0.2) is 5.82 Å². The third-order valence-corrected chi connectivity index (χ3v) is 1.68. The summed E-state index contributed by atoms with van der Waals surface area (Å²) in [5, 5.41) is 5.25. The van der Waals surface area contributed by atoms with Gasteiger partial charge in [-0.15, -0.1) is 11.6 Å². The first-order valence-electron chi connectivity index (χ1n) is 3.67. The summed E-state index contributed by atoms with van der Waals surface area (Å²) >= 11 is 5.52. The summed E-state index contributed by atoms with van der Waals surface area (Å²) in [5.41, 5.74) is 2.90. The average Bonchev–Trinajstić information content (AvgIpc) is 2.67. The van der Waals surface area contributed by atoms with Gasteiger partial charge in [0.25, 0.3) is 0 Å². The van der Waals surface area contributed by atoms with Crippen molar-refractivity contribution in [3.05, 3.63) is 30.4 Å². The molecule has 0 unspecified atom stereocenters. The minimum Gasteiger partial charge on any atom is -0.313 e. The molecule has 1 aromatic rings. The maximum Gasteiger partial charge on any atom is 0.346 e. The molecule has 0 aliphatic carbocycles. The molecule has 0 fully saturated rings. The lowest BCUT2D eigenvalue weighted by Crippen LogP contribution is -2.30. The molecular weight excluding hydrogens is 192 g/mol. The lowest BCUT2D eigenvalue weighted by atomic mass is 10.5. The average molecular weight is 199 g/mol. The van der Waals surface area contributed by atoms with E-state index < -0.39 is 0 Å². The Morgan fingerprint density at radius 2 is 2.46 bits per heavy atom. The van der Waals surface area contributed by atoms with E-state index in [0.717, 1.165) is 0 Å². The lowest BCUT2D eigenvalue weighted by Gasteiger charge is -2.15. The highest BCUT2D eigenvalue weighted by Gasteiger charge is 2.11. The Kier molecular flexibility index (Phi) is 2.18. The maximum absolute atomic E-state index is 5.52. The maximum atomic E-state index is 5.52. The van der Waals surface area contributed by atoms with Gasteiger partial charge in [-0.3, -0.25) is 5.43 Å². The molecule has 0 radical (unpaired) electrons. The SMILES string of the molecule is ClCc1noc(N2C=CC=CN2)n1. The van der Waals surface area contributed by atoms with E-state index in [0.29, 0.717) is 11.8 Å². The summed E-state index contributed by atoms with van der Waals surface area (Å²) in [6.45, 7) is 0. The Labute approximate surface area is 79.6 Å². The number of halogens is 1. The zero-order valence-electron chi connectivity index (χ0n) is 6.64. The van der Waals surface area contributed by atoms with E-state index in [1.54, 1.807) is 17.4 Å². The minimum absolute atomic E-state index is 0.247. The van der Waals surface area contributed by atoms with Crippen LogP contribution in [0.5, 0.6) is 0 Å². The summed E-state index contributed by atoms with van der Waals surface area (Å²) < 4.78 is 4.93. The molecule has 1 aromatic heterocycles. The van der Waals surface area contributed by atoms with Gasteiger partial charge in [0, 0.05) is 12.4 Å². The number of hydrazine groups is 1. The van der Waals surface area contributed by atoms with Gasteiger partial charge < -0.3 is 4.52 Å². The van der Waals surface area contributed by atoms with E-state index in [4.69, 9.17) is 16.1 Å². The molecule has 0 atom stereocenters. The molecule has 0 amide bonds. The number of aromatic nitrogens is 2. The second-order valence-corrected chi connectivity index (χ2v) is 2.59. The number of anilines is 1. The molecule has 0 bridgehead atoms. The topological polar surface area (TPSA) is 54.2 Å². The number of hydrogen-bond acceptors (Lipinski definition) is 5. The number of nitrogens with one attached hydrogen (secondary N) is 1. The van der Waals surface area contributed by atoms with Crippen molar-refractivity contribution < 1.29 is 4.52 Å². The van der Waals surface area contributed by atoms with E-state index in [-0.39, 0.29) is 5.88 Å². The van der Waals surface area contributed by atoms with Crippen LogP contribution in [0.25, 0.3) is 0 Å². The fourth-order valence-corrected chi connectivity index (χ4v) is 0.982. The third-order valence-electron chi connectivity index (χ3n) is 1.44. The van der Waals surface area contributed by atoms with Gasteiger partial charge in [0.2, 0.25) is 0 Å². The van der Waals surface area contributed by atoms with Crippen LogP contribution in [-0.4, -0.2) is 10.1 Å². The smallest absolute Gasteiger partial charge is 0.313 e. The Hall–Kier alpha value is -1.49. The Morgan fingerprint density at radius 1 is 1.54 bits per heavy atom. The van der Waals surface area contributed by atoms with Crippen LogP contribution in [0.15, 0.2) is 29.1 Å². The van der Waals surface area contributed by atoms with E-state index in [2.05, 4.69) is 15.6 Å². The first kappa shape index (κ1) is 8.12. The normalized spacial score (nSPS) is 14.7. The van der Waals surface area contributed by atoms with Gasteiger partial charge in [-0.2, -0.15) is 4.98 Å². The quantitative estimate of drug-likeness (QED) is 0.723. The highest BCUT2D eigenvalue weighted by molar-refractivity contribution is 6.16. The minimum atomic E-state index is 0.247. The van der Waals surface area contributed by atoms with Crippen molar-refractivity contribution >= 4 is 17.6 Å². The molecule has 1 aliphatic heterocycles. The second kappa shape index (κ2) is 3.49. The summed E-state index contributed by atoms with van der Waals surface area (Å²) in [4.78, 5) is 4.02. The highest BCUT2D eigenvalue weighted by Crippen LogP contribution is 2.11. The van der Waals surface area contributed by atoms with Gasteiger partial charge in [0.05, 0.1) is 5.88 Å². The fraction of sp³-hybridized carbons (Fsp3) is 0.143. The van der Waals surface area contributed by atoms with Crippen molar-refractivity contribution in [1.29, 1.82) is 0 Å². The molecule has 0 saturated heterocycles. The van der Waals surface area contributed by atoms with Gasteiger partial charge in [-0.05, 0) is 12.2 Å². The van der Waals surface area contributed by atoms with Crippen LogP contribution >= 0.6 is 11.6 Å². The molecule has 6 heteroatoms. The molecule has 0 spiro atoms. The second-order valence-electron chi connectivity index (χ2n) is 2.33. The van der Waals surface area contributed by atoms with Crippen LogP contribution in [0.3, 0.4) is 0 Å². The predicted octanol–water partition coefficient (Wildman–Crippen LogP) is 1.16. The zero-order chi connectivity index (χ0) is 9.10. The van der Waals surface area contributed by atoms with Crippen LogP contribution in [0.2, 0.25) is 0 Å². The third kappa shape index (κ3) is 1.65. The fourth-order valence-electron chi connectivity index (χ4n) is 0.874. The Balaban J connectivity index is 2.16. The van der Waals surface area contributed by atoms with Crippen molar-refractivity contribution in [2.24, 2.45) is 0 Å². The number of rotatable bonds is 2. The zero-order valence-corrected chi connectivity index (χ0v) is 7.40. The molecule has 0 saturated carbocycles.